The standard InChI is InChI=1S/C10H8O3.Pb.2H/c11-9(6-7-10(12)13)8-4-2-1-3-5-8;;;/h1-7H,(H,12,13);;;. The number of benzene rings is 1. The Morgan fingerprint density at radius 1 is 1.07 bits per heavy atom. The first-order valence-electron chi connectivity index (χ1n) is 3.70. The van der Waals surface area contributed by atoms with Crippen LogP contribution >= 0.6 is 0 Å². The summed E-state index contributed by atoms with van der Waals surface area (Å²) < 4.78 is 0. The summed E-state index contributed by atoms with van der Waals surface area (Å²) >= 11 is 0. The van der Waals surface area contributed by atoms with Gasteiger partial charge in [0.05, 0.1) is 0 Å². The van der Waals surface area contributed by atoms with Crippen LogP contribution in [0.1, 0.15) is 10.4 Å². The van der Waals surface area contributed by atoms with Crippen molar-refractivity contribution in [2.75, 3.05) is 0 Å². The molecule has 0 aliphatic carbocycles. The van der Waals surface area contributed by atoms with E-state index in [9.17, 15) is 9.59 Å². The molecule has 0 aliphatic rings. The van der Waals surface area contributed by atoms with Crippen LogP contribution in [0.3, 0.4) is 0 Å². The molecule has 1 N–H and O–H groups in total. The van der Waals surface area contributed by atoms with Crippen molar-refractivity contribution in [3.63, 3.8) is 0 Å². The number of hydrogen-bond donors (Lipinski definition) is 1. The zero-order chi connectivity index (χ0) is 9.68. The van der Waals surface area contributed by atoms with Gasteiger partial charge >= 0.3 is 33.3 Å². The van der Waals surface area contributed by atoms with Crippen LogP contribution in [0.15, 0.2) is 42.5 Å². The van der Waals surface area contributed by atoms with E-state index in [1.165, 1.54) is 0 Å². The molecule has 0 atom stereocenters. The number of hydrogen-bond acceptors (Lipinski definition) is 2. The molecular formula is C10H10O3Pb. The molecule has 0 saturated carbocycles. The van der Waals surface area contributed by atoms with E-state index < -0.39 is 5.97 Å². The van der Waals surface area contributed by atoms with E-state index in [4.69, 9.17) is 5.11 Å². The van der Waals surface area contributed by atoms with E-state index in [2.05, 4.69) is 0 Å². The number of carbonyl (C=O) groups is 2. The molecule has 1 aromatic carbocycles. The average molecular weight is 385 g/mol. The van der Waals surface area contributed by atoms with Gasteiger partial charge in [-0.25, -0.2) is 4.79 Å². The first kappa shape index (κ1) is 13.0. The van der Waals surface area contributed by atoms with Crippen LogP contribution < -0.4 is 0 Å². The van der Waals surface area contributed by atoms with Crippen molar-refractivity contribution in [3.05, 3.63) is 48.0 Å². The molecule has 0 heterocycles. The molecule has 1 aromatic rings. The van der Waals surface area contributed by atoms with Crippen LogP contribution in [0, 0.1) is 0 Å². The Kier molecular flexibility index (Phi) is 6.02. The summed E-state index contributed by atoms with van der Waals surface area (Å²) in [5.41, 5.74) is 0.486. The molecule has 0 spiro atoms. The third kappa shape index (κ3) is 4.31. The number of rotatable bonds is 3. The molecule has 3 nitrogen and oxygen atoms in total. The summed E-state index contributed by atoms with van der Waals surface area (Å²) in [7, 11) is 0. The van der Waals surface area contributed by atoms with Crippen molar-refractivity contribution >= 4 is 39.1 Å². The first-order valence-corrected chi connectivity index (χ1v) is 3.70. The summed E-state index contributed by atoms with van der Waals surface area (Å²) in [5.74, 6) is -1.42. The third-order valence-electron chi connectivity index (χ3n) is 1.44. The zero-order valence-corrected chi connectivity index (χ0v) is 13.0. The molecule has 0 aliphatic heterocycles. The molecule has 1 rings (SSSR count). The van der Waals surface area contributed by atoms with Crippen molar-refractivity contribution in [2.45, 2.75) is 0 Å². The van der Waals surface area contributed by atoms with E-state index in [0.29, 0.717) is 5.56 Å². The van der Waals surface area contributed by atoms with Crippen molar-refractivity contribution in [2.24, 2.45) is 0 Å². The summed E-state index contributed by atoms with van der Waals surface area (Å²) in [6, 6.07) is 8.50. The van der Waals surface area contributed by atoms with Gasteiger partial charge in [0, 0.05) is 11.6 Å². The monoisotopic (exact) mass is 386 g/mol. The predicted octanol–water partition coefficient (Wildman–Crippen LogP) is 0.594. The number of allylic oxidation sites excluding steroid dienone is 1. The Morgan fingerprint density at radius 2 is 1.64 bits per heavy atom. The molecule has 0 bridgehead atoms. The van der Waals surface area contributed by atoms with Crippen LogP contribution in [-0.2, 0) is 4.79 Å². The second kappa shape index (κ2) is 6.47. The number of aliphatic carboxylic acids is 1. The fraction of sp³-hybridized carbons (Fsp3) is 0. The second-order valence-corrected chi connectivity index (χ2v) is 2.40. The number of carboxylic acids is 1. The van der Waals surface area contributed by atoms with Gasteiger partial charge in [-0.2, -0.15) is 0 Å². The second-order valence-electron chi connectivity index (χ2n) is 2.40. The van der Waals surface area contributed by atoms with Gasteiger partial charge in [0.2, 0.25) is 0 Å². The van der Waals surface area contributed by atoms with E-state index in [-0.39, 0.29) is 33.1 Å². The third-order valence-corrected chi connectivity index (χ3v) is 1.44. The Labute approximate surface area is 102 Å². The Hall–Kier alpha value is -0.978. The van der Waals surface area contributed by atoms with E-state index >= 15 is 0 Å². The van der Waals surface area contributed by atoms with Crippen LogP contribution in [-0.4, -0.2) is 44.2 Å². The Bertz CT molecular complexity index is 344. The SMILES string of the molecule is O=C(O)C=CC(=O)c1ccccc1.[PbH2]. The van der Waals surface area contributed by atoms with Crippen molar-refractivity contribution in [1.82, 2.24) is 0 Å². The fourth-order valence-corrected chi connectivity index (χ4v) is 0.846. The number of carbonyl (C=O) groups excluding carboxylic acids is 1. The topological polar surface area (TPSA) is 54.4 Å². The molecule has 0 amide bonds. The van der Waals surface area contributed by atoms with E-state index in [1.807, 2.05) is 0 Å². The average Bonchev–Trinajstić information content (AvgIpc) is 2.15. The Morgan fingerprint density at radius 3 is 2.14 bits per heavy atom. The van der Waals surface area contributed by atoms with Gasteiger partial charge in [-0.3, -0.25) is 4.79 Å². The molecule has 0 saturated heterocycles. The molecule has 0 aromatic heterocycles. The van der Waals surface area contributed by atoms with Crippen LogP contribution in [0.5, 0.6) is 0 Å². The Balaban J connectivity index is 0.00000169. The van der Waals surface area contributed by atoms with Crippen molar-refractivity contribution in [1.29, 1.82) is 0 Å². The van der Waals surface area contributed by atoms with E-state index in [0.717, 1.165) is 12.2 Å². The fourth-order valence-electron chi connectivity index (χ4n) is 0.846. The molecule has 72 valence electrons. The quantitative estimate of drug-likeness (QED) is 0.471. The van der Waals surface area contributed by atoms with E-state index in [1.54, 1.807) is 30.3 Å². The normalized spacial score (nSPS) is 9.43. The minimum atomic E-state index is -1.12. The van der Waals surface area contributed by atoms with Crippen LogP contribution in [0.4, 0.5) is 0 Å². The molecule has 4 heteroatoms. The summed E-state index contributed by atoms with van der Waals surface area (Å²) in [6.45, 7) is 0. The van der Waals surface area contributed by atoms with Gasteiger partial charge in [-0.05, 0) is 6.08 Å². The summed E-state index contributed by atoms with van der Waals surface area (Å²) in [4.78, 5) is 21.3. The minimum absolute atomic E-state index is 0. The maximum atomic E-state index is 11.2. The van der Waals surface area contributed by atoms with Gasteiger partial charge in [0.25, 0.3) is 0 Å². The number of carboxylic acid groups (broad SMARTS) is 1. The predicted molar refractivity (Wildman–Crippen MR) is 56.1 cm³/mol. The van der Waals surface area contributed by atoms with Crippen LogP contribution in [0.2, 0.25) is 0 Å². The molecule has 14 heavy (non-hydrogen) atoms. The van der Waals surface area contributed by atoms with Gasteiger partial charge in [-0.15, -0.1) is 0 Å². The van der Waals surface area contributed by atoms with Gasteiger partial charge in [0.15, 0.2) is 5.78 Å². The van der Waals surface area contributed by atoms with Crippen molar-refractivity contribution < 1.29 is 14.7 Å². The zero-order valence-electron chi connectivity index (χ0n) is 7.51. The van der Waals surface area contributed by atoms with Gasteiger partial charge in [0.1, 0.15) is 0 Å². The summed E-state index contributed by atoms with van der Waals surface area (Å²) in [5, 5.41) is 8.27. The molecule has 0 unspecified atom stereocenters. The van der Waals surface area contributed by atoms with Gasteiger partial charge < -0.3 is 5.11 Å². The summed E-state index contributed by atoms with van der Waals surface area (Å²) in [6.07, 6.45) is 1.87. The van der Waals surface area contributed by atoms with Crippen LogP contribution in [0.25, 0.3) is 0 Å². The van der Waals surface area contributed by atoms with Crippen molar-refractivity contribution in [3.8, 4) is 0 Å². The first-order chi connectivity index (χ1) is 6.20. The maximum absolute atomic E-state index is 11.2. The molecular weight excluding hydrogens is 375 g/mol. The van der Waals surface area contributed by atoms with Gasteiger partial charge in [-0.1, -0.05) is 30.3 Å². The molecule has 2 radical (unpaired) electrons. The molecule has 0 fully saturated rings. The number of ketones is 1.